The molecule has 0 fully saturated rings. The van der Waals surface area contributed by atoms with Crippen molar-refractivity contribution in [3.8, 4) is 0 Å². The van der Waals surface area contributed by atoms with Crippen LogP contribution in [0.2, 0.25) is 10.0 Å². The van der Waals surface area contributed by atoms with Gasteiger partial charge in [0, 0.05) is 11.4 Å². The Labute approximate surface area is 237 Å². The number of para-hydroxylation sites is 1. The molecule has 0 radical (unpaired) electrons. The third kappa shape index (κ3) is 6.72. The van der Waals surface area contributed by atoms with Gasteiger partial charge < -0.3 is 5.32 Å². The molecule has 2 N–H and O–H groups in total. The highest BCUT2D eigenvalue weighted by Gasteiger charge is 2.29. The van der Waals surface area contributed by atoms with Gasteiger partial charge >= 0.3 is 0 Å². The topological polar surface area (TPSA) is 113 Å². The maximum atomic E-state index is 13.6. The molecule has 1 amide bonds. The third-order valence-corrected chi connectivity index (χ3v) is 9.55. The minimum Gasteiger partial charge on any atom is -0.325 e. The fraction of sp³-hybridized carbons (Fsp3) is 0.0741. The zero-order valence-corrected chi connectivity index (χ0v) is 23.7. The Morgan fingerprint density at radius 2 is 1.36 bits per heavy atom. The van der Waals surface area contributed by atoms with E-state index in [0.29, 0.717) is 5.69 Å². The Morgan fingerprint density at radius 3 is 2.00 bits per heavy atom. The van der Waals surface area contributed by atoms with Crippen LogP contribution >= 0.6 is 23.2 Å². The Hall–Kier alpha value is -3.57. The second-order valence-electron chi connectivity index (χ2n) is 8.44. The standard InChI is InChI=1S/C27H23Cl2N3O5S2/c1-19-10-14-23(15-11-19)39(36,37)32(25-9-5-8-24(28)27(25)29)18-26(33)30-20-12-16-22(17-13-20)38(34,35)31-21-6-3-2-4-7-21/h2-17,31H,18H2,1H3,(H,30,33). The first-order valence-electron chi connectivity index (χ1n) is 11.5. The number of benzene rings is 4. The Kier molecular flexibility index (Phi) is 8.51. The van der Waals surface area contributed by atoms with E-state index in [-0.39, 0.29) is 31.2 Å². The van der Waals surface area contributed by atoms with Crippen molar-refractivity contribution in [3.63, 3.8) is 0 Å². The molecule has 0 atom stereocenters. The molecule has 0 unspecified atom stereocenters. The minimum atomic E-state index is -4.21. The van der Waals surface area contributed by atoms with Crippen LogP contribution in [0.1, 0.15) is 5.56 Å². The lowest BCUT2D eigenvalue weighted by molar-refractivity contribution is -0.114. The highest BCUT2D eigenvalue weighted by Crippen LogP contribution is 2.35. The Balaban J connectivity index is 1.57. The Morgan fingerprint density at radius 1 is 0.744 bits per heavy atom. The quantitative estimate of drug-likeness (QED) is 0.246. The van der Waals surface area contributed by atoms with Crippen molar-refractivity contribution in [1.29, 1.82) is 0 Å². The van der Waals surface area contributed by atoms with Gasteiger partial charge in [-0.3, -0.25) is 13.8 Å². The average Bonchev–Trinajstić information content (AvgIpc) is 2.90. The van der Waals surface area contributed by atoms with E-state index >= 15 is 0 Å². The molecule has 4 aromatic rings. The molecule has 0 spiro atoms. The van der Waals surface area contributed by atoms with E-state index in [1.807, 2.05) is 6.92 Å². The molecule has 4 aromatic carbocycles. The van der Waals surface area contributed by atoms with Crippen LogP contribution in [-0.4, -0.2) is 29.3 Å². The SMILES string of the molecule is Cc1ccc(S(=O)(=O)N(CC(=O)Nc2ccc(S(=O)(=O)Nc3ccccc3)cc2)c2cccc(Cl)c2Cl)cc1. The highest BCUT2D eigenvalue weighted by molar-refractivity contribution is 7.93. The lowest BCUT2D eigenvalue weighted by Gasteiger charge is -2.25. The molecular weight excluding hydrogens is 581 g/mol. The van der Waals surface area contributed by atoms with Gasteiger partial charge in [-0.15, -0.1) is 0 Å². The summed E-state index contributed by atoms with van der Waals surface area (Å²) < 4.78 is 55.8. The van der Waals surface area contributed by atoms with Gasteiger partial charge in [0.05, 0.1) is 25.5 Å². The Bertz CT molecular complexity index is 1700. The number of nitrogens with one attached hydrogen (secondary N) is 2. The number of anilines is 3. The van der Waals surface area contributed by atoms with Gasteiger partial charge in [-0.25, -0.2) is 16.8 Å². The number of rotatable bonds is 9. The van der Waals surface area contributed by atoms with Crippen molar-refractivity contribution in [2.75, 3.05) is 20.9 Å². The number of hydrogen-bond donors (Lipinski definition) is 2. The molecule has 0 saturated carbocycles. The van der Waals surface area contributed by atoms with E-state index < -0.39 is 32.5 Å². The van der Waals surface area contributed by atoms with Crippen LogP contribution < -0.4 is 14.3 Å². The number of aryl methyl sites for hydroxylation is 1. The average molecular weight is 605 g/mol. The normalized spacial score (nSPS) is 11.6. The number of hydrogen-bond acceptors (Lipinski definition) is 5. The van der Waals surface area contributed by atoms with Crippen molar-refractivity contribution in [2.45, 2.75) is 16.7 Å². The van der Waals surface area contributed by atoms with E-state index in [0.717, 1.165) is 9.87 Å². The lowest BCUT2D eigenvalue weighted by atomic mass is 10.2. The van der Waals surface area contributed by atoms with Crippen LogP contribution in [0, 0.1) is 6.92 Å². The lowest BCUT2D eigenvalue weighted by Crippen LogP contribution is -2.38. The van der Waals surface area contributed by atoms with Crippen LogP contribution in [0.25, 0.3) is 0 Å². The first-order valence-corrected chi connectivity index (χ1v) is 15.2. The molecular formula is C27H23Cl2N3O5S2. The number of carbonyl (C=O) groups excluding carboxylic acids is 1. The molecule has 0 aliphatic rings. The van der Waals surface area contributed by atoms with Gasteiger partial charge in [0.15, 0.2) is 0 Å². The van der Waals surface area contributed by atoms with Crippen LogP contribution in [0.15, 0.2) is 107 Å². The predicted octanol–water partition coefficient (Wildman–Crippen LogP) is 5.94. The van der Waals surface area contributed by atoms with E-state index in [9.17, 15) is 21.6 Å². The summed E-state index contributed by atoms with van der Waals surface area (Å²) in [5, 5.41) is 2.70. The van der Waals surface area contributed by atoms with Crippen molar-refractivity contribution >= 4 is 66.2 Å². The third-order valence-electron chi connectivity index (χ3n) is 5.57. The number of sulfonamides is 2. The summed E-state index contributed by atoms with van der Waals surface area (Å²) in [6.45, 7) is 1.20. The van der Waals surface area contributed by atoms with Gasteiger partial charge in [0.1, 0.15) is 6.54 Å². The molecule has 0 aromatic heterocycles. The highest BCUT2D eigenvalue weighted by atomic mass is 35.5. The van der Waals surface area contributed by atoms with Gasteiger partial charge in [0.25, 0.3) is 20.0 Å². The second kappa shape index (κ2) is 11.7. The van der Waals surface area contributed by atoms with Crippen molar-refractivity contribution in [1.82, 2.24) is 0 Å². The largest absolute Gasteiger partial charge is 0.325 e. The summed E-state index contributed by atoms with van der Waals surface area (Å²) in [7, 11) is -8.06. The molecule has 12 heteroatoms. The second-order valence-corrected chi connectivity index (χ2v) is 12.8. The van der Waals surface area contributed by atoms with Gasteiger partial charge in [-0.2, -0.15) is 0 Å². The minimum absolute atomic E-state index is 0.0152. The smallest absolute Gasteiger partial charge is 0.264 e. The zero-order chi connectivity index (χ0) is 28.2. The first-order chi connectivity index (χ1) is 18.5. The molecule has 0 heterocycles. The van der Waals surface area contributed by atoms with Crippen LogP contribution in [0.4, 0.5) is 17.1 Å². The molecule has 39 heavy (non-hydrogen) atoms. The van der Waals surface area contributed by atoms with Crippen LogP contribution in [0.5, 0.6) is 0 Å². The monoisotopic (exact) mass is 603 g/mol. The number of nitrogens with zero attached hydrogens (tertiary/aromatic N) is 1. The molecule has 4 rings (SSSR count). The van der Waals surface area contributed by atoms with E-state index in [1.165, 1.54) is 54.6 Å². The summed E-state index contributed by atoms with van der Waals surface area (Å²) in [5.41, 5.74) is 1.57. The van der Waals surface area contributed by atoms with Crippen molar-refractivity contribution in [2.24, 2.45) is 0 Å². The fourth-order valence-corrected chi connectivity index (χ4v) is 6.53. The predicted molar refractivity (Wildman–Crippen MR) is 154 cm³/mol. The zero-order valence-electron chi connectivity index (χ0n) is 20.5. The van der Waals surface area contributed by atoms with E-state index in [1.54, 1.807) is 42.5 Å². The molecule has 0 aliphatic heterocycles. The maximum Gasteiger partial charge on any atom is 0.264 e. The van der Waals surface area contributed by atoms with Gasteiger partial charge in [-0.1, -0.05) is 65.2 Å². The van der Waals surface area contributed by atoms with Crippen molar-refractivity contribution in [3.05, 3.63) is 113 Å². The first kappa shape index (κ1) is 28.4. The van der Waals surface area contributed by atoms with Crippen LogP contribution in [0.3, 0.4) is 0 Å². The van der Waals surface area contributed by atoms with Gasteiger partial charge in [-0.05, 0) is 67.6 Å². The molecule has 0 aliphatic carbocycles. The van der Waals surface area contributed by atoms with Crippen LogP contribution in [-0.2, 0) is 24.8 Å². The molecule has 0 saturated heterocycles. The summed E-state index contributed by atoms with van der Waals surface area (Å²) in [4.78, 5) is 13.0. The van der Waals surface area contributed by atoms with Gasteiger partial charge in [0.2, 0.25) is 5.91 Å². The summed E-state index contributed by atoms with van der Waals surface area (Å²) in [6, 6.07) is 24.5. The summed E-state index contributed by atoms with van der Waals surface area (Å²) >= 11 is 12.5. The van der Waals surface area contributed by atoms with E-state index in [4.69, 9.17) is 23.2 Å². The number of halogens is 2. The molecule has 8 nitrogen and oxygen atoms in total. The fourth-order valence-electron chi connectivity index (χ4n) is 3.59. The van der Waals surface area contributed by atoms with E-state index in [2.05, 4.69) is 10.0 Å². The maximum absolute atomic E-state index is 13.6. The number of carbonyl (C=O) groups is 1. The molecule has 0 bridgehead atoms. The number of amides is 1. The van der Waals surface area contributed by atoms with Crippen molar-refractivity contribution < 1.29 is 21.6 Å². The summed E-state index contributed by atoms with van der Waals surface area (Å²) in [6.07, 6.45) is 0. The molecule has 202 valence electrons. The summed E-state index contributed by atoms with van der Waals surface area (Å²) in [5.74, 6) is -0.681.